The SMILES string of the molecule is Cc1nc(C)n(CC(=O)N2CC[C@@H](Oc3cc(F)cc(F)c3)[C@H](O)C2)n1. The lowest BCUT2D eigenvalue weighted by Gasteiger charge is -2.36. The zero-order valence-corrected chi connectivity index (χ0v) is 14.5. The molecular formula is C17H20F2N4O3. The van der Waals surface area contributed by atoms with Crippen LogP contribution in [-0.2, 0) is 11.3 Å². The molecule has 1 aromatic heterocycles. The smallest absolute Gasteiger partial charge is 0.244 e. The van der Waals surface area contributed by atoms with Gasteiger partial charge in [-0.05, 0) is 13.8 Å². The van der Waals surface area contributed by atoms with Gasteiger partial charge in [-0.1, -0.05) is 0 Å². The number of β-amino-alcohol motifs (C(OH)–C–C–N with tert-alkyl or cyclic N) is 1. The van der Waals surface area contributed by atoms with Crippen LogP contribution in [-0.4, -0.2) is 56.0 Å². The normalized spacial score (nSPS) is 20.3. The summed E-state index contributed by atoms with van der Waals surface area (Å²) in [5.74, 6) is -0.443. The number of hydrogen-bond donors (Lipinski definition) is 1. The third-order valence-electron chi connectivity index (χ3n) is 4.24. The van der Waals surface area contributed by atoms with Crippen LogP contribution in [0.5, 0.6) is 5.75 Å². The quantitative estimate of drug-likeness (QED) is 0.880. The molecule has 1 amide bonds. The Bertz CT molecular complexity index is 791. The lowest BCUT2D eigenvalue weighted by Crippen LogP contribution is -2.51. The lowest BCUT2D eigenvalue weighted by molar-refractivity contribution is -0.137. The number of piperidine rings is 1. The molecule has 1 N–H and O–H groups in total. The van der Waals surface area contributed by atoms with Gasteiger partial charge in [-0.3, -0.25) is 4.79 Å². The Morgan fingerprint density at radius 3 is 2.58 bits per heavy atom. The van der Waals surface area contributed by atoms with Crippen molar-refractivity contribution in [2.24, 2.45) is 0 Å². The van der Waals surface area contributed by atoms with Crippen molar-refractivity contribution in [3.05, 3.63) is 41.5 Å². The molecule has 0 radical (unpaired) electrons. The standard InChI is InChI=1S/C17H20F2N4O3/c1-10-20-11(2)23(21-10)9-17(25)22-4-3-16(15(24)8-22)26-14-6-12(18)5-13(19)7-14/h5-7,15-16,24H,3-4,8-9H2,1-2H3/t15-,16-/m1/s1. The van der Waals surface area contributed by atoms with Gasteiger partial charge in [0.25, 0.3) is 0 Å². The fourth-order valence-corrected chi connectivity index (χ4v) is 2.98. The van der Waals surface area contributed by atoms with E-state index in [1.54, 1.807) is 13.8 Å². The van der Waals surface area contributed by atoms with E-state index < -0.39 is 23.8 Å². The van der Waals surface area contributed by atoms with Gasteiger partial charge in [0.1, 0.15) is 47.8 Å². The fraction of sp³-hybridized carbons (Fsp3) is 0.471. The van der Waals surface area contributed by atoms with E-state index in [0.717, 1.165) is 18.2 Å². The second-order valence-electron chi connectivity index (χ2n) is 6.32. The number of carbonyl (C=O) groups excluding carboxylic acids is 1. The van der Waals surface area contributed by atoms with E-state index in [4.69, 9.17) is 4.74 Å². The molecular weight excluding hydrogens is 346 g/mol. The zero-order chi connectivity index (χ0) is 18.8. The minimum Gasteiger partial charge on any atom is -0.487 e. The Labute approximate surface area is 149 Å². The summed E-state index contributed by atoms with van der Waals surface area (Å²) in [6, 6.07) is 2.87. The first-order chi connectivity index (χ1) is 12.3. The summed E-state index contributed by atoms with van der Waals surface area (Å²) in [5, 5.41) is 14.4. The minimum atomic E-state index is -0.961. The number of ether oxygens (including phenoxy) is 1. The topological polar surface area (TPSA) is 80.5 Å². The number of likely N-dealkylation sites (tertiary alicyclic amines) is 1. The Hall–Kier alpha value is -2.55. The summed E-state index contributed by atoms with van der Waals surface area (Å²) >= 11 is 0. The van der Waals surface area contributed by atoms with Crippen molar-refractivity contribution < 1.29 is 23.4 Å². The van der Waals surface area contributed by atoms with Crippen molar-refractivity contribution in [2.75, 3.05) is 13.1 Å². The number of aliphatic hydroxyl groups is 1. The first-order valence-corrected chi connectivity index (χ1v) is 8.28. The van der Waals surface area contributed by atoms with Crippen molar-refractivity contribution in [1.29, 1.82) is 0 Å². The highest BCUT2D eigenvalue weighted by molar-refractivity contribution is 5.76. The number of amides is 1. The highest BCUT2D eigenvalue weighted by Gasteiger charge is 2.32. The molecule has 140 valence electrons. The van der Waals surface area contributed by atoms with Gasteiger partial charge in [0.15, 0.2) is 0 Å². The molecule has 2 aromatic rings. The Morgan fingerprint density at radius 1 is 1.31 bits per heavy atom. The molecule has 2 atom stereocenters. The number of aryl methyl sites for hydroxylation is 2. The van der Waals surface area contributed by atoms with Crippen LogP contribution >= 0.6 is 0 Å². The molecule has 1 saturated heterocycles. The van der Waals surface area contributed by atoms with E-state index in [0.29, 0.717) is 24.6 Å². The summed E-state index contributed by atoms with van der Waals surface area (Å²) in [4.78, 5) is 18.1. The number of aliphatic hydroxyl groups excluding tert-OH is 1. The van der Waals surface area contributed by atoms with Gasteiger partial charge in [0.05, 0.1) is 6.54 Å². The van der Waals surface area contributed by atoms with Gasteiger partial charge in [-0.25, -0.2) is 18.4 Å². The molecule has 2 heterocycles. The van der Waals surface area contributed by atoms with E-state index in [1.165, 1.54) is 9.58 Å². The molecule has 0 unspecified atom stereocenters. The number of rotatable bonds is 4. The second-order valence-corrected chi connectivity index (χ2v) is 6.32. The van der Waals surface area contributed by atoms with Crippen molar-refractivity contribution in [3.8, 4) is 5.75 Å². The molecule has 0 saturated carbocycles. The van der Waals surface area contributed by atoms with Gasteiger partial charge in [-0.15, -0.1) is 0 Å². The number of carbonyl (C=O) groups is 1. The number of nitrogens with zero attached hydrogens (tertiary/aromatic N) is 4. The fourth-order valence-electron chi connectivity index (χ4n) is 2.98. The van der Waals surface area contributed by atoms with Gasteiger partial charge in [0, 0.05) is 31.2 Å². The predicted octanol–water partition coefficient (Wildman–Crippen LogP) is 1.21. The number of benzene rings is 1. The maximum Gasteiger partial charge on any atom is 0.244 e. The monoisotopic (exact) mass is 366 g/mol. The third-order valence-corrected chi connectivity index (χ3v) is 4.24. The largest absolute Gasteiger partial charge is 0.487 e. The number of aromatic nitrogens is 3. The van der Waals surface area contributed by atoms with Crippen LogP contribution in [0.15, 0.2) is 18.2 Å². The van der Waals surface area contributed by atoms with E-state index in [-0.39, 0.29) is 24.7 Å². The first kappa shape index (κ1) is 18.2. The number of halogens is 2. The maximum atomic E-state index is 13.2. The minimum absolute atomic E-state index is 0.0139. The summed E-state index contributed by atoms with van der Waals surface area (Å²) in [6.07, 6.45) is -1.26. The van der Waals surface area contributed by atoms with Crippen LogP contribution < -0.4 is 4.74 Å². The molecule has 1 aliphatic rings. The Kier molecular flexibility index (Phi) is 5.17. The van der Waals surface area contributed by atoms with Crippen molar-refractivity contribution in [1.82, 2.24) is 19.7 Å². The molecule has 7 nitrogen and oxygen atoms in total. The molecule has 0 spiro atoms. The zero-order valence-electron chi connectivity index (χ0n) is 14.5. The van der Waals surface area contributed by atoms with E-state index in [2.05, 4.69) is 10.1 Å². The highest BCUT2D eigenvalue weighted by atomic mass is 19.1. The van der Waals surface area contributed by atoms with Crippen LogP contribution in [0.4, 0.5) is 8.78 Å². The third kappa shape index (κ3) is 4.16. The molecule has 1 fully saturated rings. The maximum absolute atomic E-state index is 13.2. The van der Waals surface area contributed by atoms with Crippen molar-refractivity contribution >= 4 is 5.91 Å². The van der Waals surface area contributed by atoms with E-state index in [1.807, 2.05) is 0 Å². The van der Waals surface area contributed by atoms with Gasteiger partial charge < -0.3 is 14.7 Å². The molecule has 0 aliphatic carbocycles. The number of hydrogen-bond acceptors (Lipinski definition) is 5. The Balaban J connectivity index is 1.59. The van der Waals surface area contributed by atoms with Crippen LogP contribution in [0.2, 0.25) is 0 Å². The molecule has 0 bridgehead atoms. The predicted molar refractivity (Wildman–Crippen MR) is 87.5 cm³/mol. The molecule has 26 heavy (non-hydrogen) atoms. The van der Waals surface area contributed by atoms with Crippen LogP contribution in [0.25, 0.3) is 0 Å². The van der Waals surface area contributed by atoms with E-state index >= 15 is 0 Å². The van der Waals surface area contributed by atoms with E-state index in [9.17, 15) is 18.7 Å². The molecule has 1 aliphatic heterocycles. The first-order valence-electron chi connectivity index (χ1n) is 8.28. The highest BCUT2D eigenvalue weighted by Crippen LogP contribution is 2.22. The lowest BCUT2D eigenvalue weighted by atomic mass is 10.0. The van der Waals surface area contributed by atoms with Crippen LogP contribution in [0.3, 0.4) is 0 Å². The average Bonchev–Trinajstić information content (AvgIpc) is 2.85. The summed E-state index contributed by atoms with van der Waals surface area (Å²) < 4.78 is 33.5. The summed E-state index contributed by atoms with van der Waals surface area (Å²) in [5.41, 5.74) is 0. The molecule has 3 rings (SSSR count). The van der Waals surface area contributed by atoms with Gasteiger partial charge in [-0.2, -0.15) is 5.10 Å². The van der Waals surface area contributed by atoms with Crippen molar-refractivity contribution in [2.45, 2.75) is 39.0 Å². The van der Waals surface area contributed by atoms with Crippen LogP contribution in [0, 0.1) is 25.5 Å². The molecule has 1 aromatic carbocycles. The van der Waals surface area contributed by atoms with Gasteiger partial charge >= 0.3 is 0 Å². The van der Waals surface area contributed by atoms with Crippen molar-refractivity contribution in [3.63, 3.8) is 0 Å². The second kappa shape index (κ2) is 7.36. The average molecular weight is 366 g/mol. The van der Waals surface area contributed by atoms with Crippen LogP contribution in [0.1, 0.15) is 18.1 Å². The van der Waals surface area contributed by atoms with Gasteiger partial charge in [0.2, 0.25) is 5.91 Å². The molecule has 9 heteroatoms. The summed E-state index contributed by atoms with van der Waals surface area (Å²) in [6.45, 7) is 4.00. The Morgan fingerprint density at radius 2 is 2.00 bits per heavy atom. The summed E-state index contributed by atoms with van der Waals surface area (Å²) in [7, 11) is 0.